The lowest BCUT2D eigenvalue weighted by molar-refractivity contribution is -0.159. The molecule has 1 N–H and O–H groups in total. The third kappa shape index (κ3) is 4.11. The molecule has 0 fully saturated rings. The number of benzene rings is 1. The molecule has 0 atom stereocenters. The highest BCUT2D eigenvalue weighted by molar-refractivity contribution is 7.89. The molecule has 0 saturated heterocycles. The van der Waals surface area contributed by atoms with E-state index < -0.39 is 34.5 Å². The maximum atomic E-state index is 12.4. The van der Waals surface area contributed by atoms with Gasteiger partial charge in [0.05, 0.1) is 11.4 Å². The zero-order valence-corrected chi connectivity index (χ0v) is 14.9. The predicted octanol–water partition coefficient (Wildman–Crippen LogP) is 1.87. The number of alkyl halides is 3. The number of fused-ring (bicyclic) bond motifs is 1. The van der Waals surface area contributed by atoms with Crippen LogP contribution in [0, 0.1) is 0 Å². The molecule has 1 aliphatic rings. The summed E-state index contributed by atoms with van der Waals surface area (Å²) in [6.07, 6.45) is -3.31. The summed E-state index contributed by atoms with van der Waals surface area (Å²) in [6, 6.07) is 4.37. The highest BCUT2D eigenvalue weighted by Gasteiger charge is 2.38. The van der Waals surface area contributed by atoms with Crippen molar-refractivity contribution in [3.63, 3.8) is 0 Å². The first-order valence-corrected chi connectivity index (χ1v) is 9.37. The molecule has 1 amide bonds. The van der Waals surface area contributed by atoms with Crippen LogP contribution in [-0.2, 0) is 34.0 Å². The Balaban J connectivity index is 1.80. The van der Waals surface area contributed by atoms with Crippen molar-refractivity contribution in [3.8, 4) is 0 Å². The number of nitrogens with zero attached hydrogens (tertiary/aromatic N) is 3. The molecule has 2 aromatic rings. The van der Waals surface area contributed by atoms with Gasteiger partial charge in [0.25, 0.3) is 0 Å². The maximum absolute atomic E-state index is 12.4. The second kappa shape index (κ2) is 6.93. The fraction of sp³-hybridized carbons (Fsp3) is 0.400. The summed E-state index contributed by atoms with van der Waals surface area (Å²) >= 11 is 0. The number of anilines is 1. The van der Waals surface area contributed by atoms with Crippen LogP contribution in [0.5, 0.6) is 0 Å². The van der Waals surface area contributed by atoms with Crippen molar-refractivity contribution < 1.29 is 30.9 Å². The van der Waals surface area contributed by atoms with Crippen molar-refractivity contribution in [1.82, 2.24) is 14.9 Å². The Morgan fingerprint density at radius 3 is 2.74 bits per heavy atom. The topological polar surface area (TPSA) is 105 Å². The molecule has 1 aromatic carbocycles. The van der Waals surface area contributed by atoms with Crippen molar-refractivity contribution in [1.29, 1.82) is 0 Å². The zero-order valence-electron chi connectivity index (χ0n) is 14.1. The normalized spacial score (nSPS) is 14.9. The van der Waals surface area contributed by atoms with E-state index >= 15 is 0 Å². The summed E-state index contributed by atoms with van der Waals surface area (Å²) in [5.74, 6) is -2.21. The Labute approximate surface area is 152 Å². The average molecular weight is 404 g/mol. The second-order valence-corrected chi connectivity index (χ2v) is 7.67. The Morgan fingerprint density at radius 1 is 1.37 bits per heavy atom. The molecule has 146 valence electrons. The van der Waals surface area contributed by atoms with Crippen molar-refractivity contribution in [2.45, 2.75) is 37.4 Å². The Morgan fingerprint density at radius 2 is 2.11 bits per heavy atom. The molecule has 1 aliphatic heterocycles. The van der Waals surface area contributed by atoms with Gasteiger partial charge >= 0.3 is 12.1 Å². The molecule has 2 heterocycles. The zero-order chi connectivity index (χ0) is 19.8. The number of aryl methyl sites for hydroxylation is 1. The number of halogens is 3. The van der Waals surface area contributed by atoms with Crippen molar-refractivity contribution in [2.24, 2.45) is 0 Å². The van der Waals surface area contributed by atoms with Crippen LogP contribution >= 0.6 is 0 Å². The molecule has 27 heavy (non-hydrogen) atoms. The van der Waals surface area contributed by atoms with Gasteiger partial charge in [-0.05, 0) is 30.5 Å². The molecule has 0 unspecified atom stereocenters. The molecule has 8 nitrogen and oxygen atoms in total. The van der Waals surface area contributed by atoms with Gasteiger partial charge in [-0.1, -0.05) is 11.2 Å². The van der Waals surface area contributed by atoms with Crippen molar-refractivity contribution in [3.05, 3.63) is 35.5 Å². The Hall–Kier alpha value is -2.47. The summed E-state index contributed by atoms with van der Waals surface area (Å²) in [6.45, 7) is 1.31. The molecule has 1 aromatic heterocycles. The van der Waals surface area contributed by atoms with Gasteiger partial charge in [-0.25, -0.2) is 13.1 Å². The number of hydrogen-bond donors (Lipinski definition) is 1. The van der Waals surface area contributed by atoms with Crippen LogP contribution in [0.25, 0.3) is 0 Å². The number of hydrogen-bond acceptors (Lipinski definition) is 6. The Kier molecular flexibility index (Phi) is 4.95. The summed E-state index contributed by atoms with van der Waals surface area (Å²) in [5, 5.41) is 3.10. The van der Waals surface area contributed by atoms with E-state index in [9.17, 15) is 26.4 Å². The average Bonchev–Trinajstić information content (AvgIpc) is 3.08. The van der Waals surface area contributed by atoms with Gasteiger partial charge in [0, 0.05) is 19.2 Å². The van der Waals surface area contributed by atoms with Crippen LogP contribution in [0.1, 0.15) is 30.6 Å². The van der Waals surface area contributed by atoms with Crippen LogP contribution < -0.4 is 9.62 Å². The molecule has 3 rings (SSSR count). The highest BCUT2D eigenvalue weighted by atomic mass is 32.2. The van der Waals surface area contributed by atoms with Gasteiger partial charge in [0.15, 0.2) is 5.82 Å². The Bertz CT molecular complexity index is 972. The summed E-state index contributed by atoms with van der Waals surface area (Å²) in [5.41, 5.74) is 1.36. The number of carbonyl (C=O) groups is 1. The first kappa shape index (κ1) is 19.3. The van der Waals surface area contributed by atoms with Crippen LogP contribution in [0.3, 0.4) is 0 Å². The third-order valence-corrected chi connectivity index (χ3v) is 5.40. The standard InChI is InChI=1S/C15H15F3N4O4S/c1-9(23)22-6-2-3-10-4-5-11(7-12(10)22)27(24,25)19-8-13-20-14(26-21-13)15(16,17)18/h4-5,7,19H,2-3,6,8H2,1H3. The van der Waals surface area contributed by atoms with E-state index in [0.29, 0.717) is 12.2 Å². The van der Waals surface area contributed by atoms with Gasteiger partial charge < -0.3 is 9.42 Å². The molecule has 0 spiro atoms. The third-order valence-electron chi connectivity index (χ3n) is 4.00. The minimum absolute atomic E-state index is 0.117. The first-order valence-electron chi connectivity index (χ1n) is 7.88. The second-order valence-electron chi connectivity index (χ2n) is 5.90. The number of amides is 1. The van der Waals surface area contributed by atoms with E-state index in [1.54, 1.807) is 6.07 Å². The largest absolute Gasteiger partial charge is 0.471 e. The van der Waals surface area contributed by atoms with Gasteiger partial charge in [-0.15, -0.1) is 0 Å². The van der Waals surface area contributed by atoms with Gasteiger partial charge in [-0.3, -0.25) is 4.79 Å². The van der Waals surface area contributed by atoms with Gasteiger partial charge in [-0.2, -0.15) is 18.2 Å². The summed E-state index contributed by atoms with van der Waals surface area (Å²) in [7, 11) is -4.06. The van der Waals surface area contributed by atoms with Crippen molar-refractivity contribution in [2.75, 3.05) is 11.4 Å². The lowest BCUT2D eigenvalue weighted by Crippen LogP contribution is -2.34. The van der Waals surface area contributed by atoms with Crippen LogP contribution in [0.4, 0.5) is 18.9 Å². The number of carbonyl (C=O) groups excluding carboxylic acids is 1. The maximum Gasteiger partial charge on any atom is 0.471 e. The highest BCUT2D eigenvalue weighted by Crippen LogP contribution is 2.30. The molecule has 0 bridgehead atoms. The molecule has 0 aliphatic carbocycles. The number of aromatic nitrogens is 2. The quantitative estimate of drug-likeness (QED) is 0.834. The van der Waals surface area contributed by atoms with Crippen LogP contribution in [-0.4, -0.2) is 31.0 Å². The van der Waals surface area contributed by atoms with E-state index in [-0.39, 0.29) is 10.8 Å². The first-order chi connectivity index (χ1) is 12.6. The van der Waals surface area contributed by atoms with E-state index in [1.165, 1.54) is 24.0 Å². The molecule has 0 saturated carbocycles. The smallest absolute Gasteiger partial charge is 0.329 e. The fourth-order valence-corrected chi connectivity index (χ4v) is 3.73. The van der Waals surface area contributed by atoms with Crippen molar-refractivity contribution >= 4 is 21.6 Å². The fourth-order valence-electron chi connectivity index (χ4n) is 2.73. The lowest BCUT2D eigenvalue weighted by atomic mass is 10.0. The molecular weight excluding hydrogens is 389 g/mol. The molecule has 0 radical (unpaired) electrons. The van der Waals surface area contributed by atoms with E-state index in [0.717, 1.165) is 18.4 Å². The van der Waals surface area contributed by atoms with Gasteiger partial charge in [0.2, 0.25) is 15.9 Å². The number of nitrogens with one attached hydrogen (secondary N) is 1. The van der Waals surface area contributed by atoms with Crippen LogP contribution in [0.15, 0.2) is 27.6 Å². The minimum Gasteiger partial charge on any atom is -0.329 e. The SMILES string of the molecule is CC(=O)N1CCCc2ccc(S(=O)(=O)NCc3noc(C(F)(F)F)n3)cc21. The monoisotopic (exact) mass is 404 g/mol. The van der Waals surface area contributed by atoms with Crippen LogP contribution in [0.2, 0.25) is 0 Å². The molecule has 12 heteroatoms. The van der Waals surface area contributed by atoms with Gasteiger partial charge in [0.1, 0.15) is 0 Å². The minimum atomic E-state index is -4.81. The summed E-state index contributed by atoms with van der Waals surface area (Å²) < 4.78 is 68.4. The predicted molar refractivity (Wildman–Crippen MR) is 86.1 cm³/mol. The lowest BCUT2D eigenvalue weighted by Gasteiger charge is -2.29. The number of sulfonamides is 1. The molecular formula is C15H15F3N4O4S. The van der Waals surface area contributed by atoms with E-state index in [2.05, 4.69) is 19.4 Å². The number of rotatable bonds is 4. The summed E-state index contributed by atoms with van der Waals surface area (Å²) in [4.78, 5) is 16.2. The van der Waals surface area contributed by atoms with E-state index in [1.807, 2.05) is 0 Å². The van der Waals surface area contributed by atoms with E-state index in [4.69, 9.17) is 0 Å².